The number of Topliss-reactive ketones (excluding diaryl/α,β-unsaturated/α-hetero) is 1. The number of ketones is 1. The number of hydrogen-bond donors (Lipinski definition) is 0. The highest BCUT2D eigenvalue weighted by Gasteiger charge is 2.56. The van der Waals surface area contributed by atoms with Crippen LogP contribution in [0.2, 0.25) is 15.1 Å². The summed E-state index contributed by atoms with van der Waals surface area (Å²) in [6, 6.07) is 71.9. The van der Waals surface area contributed by atoms with Crippen LogP contribution in [0.15, 0.2) is 218 Å². The minimum Gasteiger partial charge on any atom is -0.534 e. The van der Waals surface area contributed by atoms with Gasteiger partial charge in [-0.25, -0.2) is 4.79 Å². The van der Waals surface area contributed by atoms with E-state index in [1.54, 1.807) is 36.4 Å². The SMILES string of the molecule is CCCCOC1C(C)OC(OCC(=O)c2c(OC(=O)c3ccc(O[Si](c4ccccc4)(c4ccccc4)C(C)(C)C)cc3)cc(O[Si](c3ccccc3)(c3ccccc3)C(C)(C)C)cc2O[Si](c2ccccc2)(c2ccccc2)C(C)(C)C)C(OC(C)=O)C1OCCCC. The molecule has 0 amide bonds. The lowest BCUT2D eigenvalue weighted by Gasteiger charge is -2.44. The maximum absolute atomic E-state index is 16.2. The first-order chi connectivity index (χ1) is 45.0. The lowest BCUT2D eigenvalue weighted by molar-refractivity contribution is -0.306. The van der Waals surface area contributed by atoms with Crippen LogP contribution in [0.5, 0.6) is 23.0 Å². The van der Waals surface area contributed by atoms with Gasteiger partial charge in [0.05, 0.1) is 11.7 Å². The van der Waals surface area contributed by atoms with Crippen LogP contribution in [-0.4, -0.2) is 93.2 Å². The molecule has 0 N–H and O–H groups in total. The summed E-state index contributed by atoms with van der Waals surface area (Å²) < 4.78 is 62.4. The van der Waals surface area contributed by atoms with Gasteiger partial charge in [0.25, 0.3) is 0 Å². The van der Waals surface area contributed by atoms with E-state index in [0.29, 0.717) is 24.7 Å². The highest BCUT2D eigenvalue weighted by molar-refractivity contribution is 7.01. The number of rotatable bonds is 27. The van der Waals surface area contributed by atoms with Crippen LogP contribution < -0.4 is 49.1 Å². The summed E-state index contributed by atoms with van der Waals surface area (Å²) in [6.45, 7) is 27.2. The summed E-state index contributed by atoms with van der Waals surface area (Å²) in [5, 5.41) is 4.56. The molecule has 0 saturated carbocycles. The second-order valence-corrected chi connectivity index (χ2v) is 40.1. The van der Waals surface area contributed by atoms with Gasteiger partial charge in [0.1, 0.15) is 47.4 Å². The molecule has 1 heterocycles. The van der Waals surface area contributed by atoms with Gasteiger partial charge in [0, 0.05) is 32.3 Å². The van der Waals surface area contributed by atoms with Gasteiger partial charge >= 0.3 is 36.9 Å². The molecule has 5 unspecified atom stereocenters. The second-order valence-electron chi connectivity index (χ2n) is 27.4. The quantitative estimate of drug-likeness (QED) is 0.0159. The zero-order valence-electron chi connectivity index (χ0n) is 57.0. The lowest BCUT2D eigenvalue weighted by atomic mass is 9.98. The molecule has 494 valence electrons. The molecule has 0 radical (unpaired) electrons. The Balaban J connectivity index is 1.25. The van der Waals surface area contributed by atoms with Gasteiger partial charge < -0.3 is 41.7 Å². The highest BCUT2D eigenvalue weighted by atomic mass is 28.4. The number of benzene rings is 8. The van der Waals surface area contributed by atoms with Gasteiger partial charge in [-0.1, -0.05) is 271 Å². The molecule has 12 nitrogen and oxygen atoms in total. The number of esters is 2. The van der Waals surface area contributed by atoms with Crippen LogP contribution in [0, 0.1) is 0 Å². The number of hydrogen-bond acceptors (Lipinski definition) is 12. The molecule has 1 aliphatic rings. The van der Waals surface area contributed by atoms with Gasteiger partial charge in [-0.15, -0.1) is 0 Å². The number of ether oxygens (including phenoxy) is 6. The van der Waals surface area contributed by atoms with Crippen LogP contribution in [0.4, 0.5) is 0 Å². The third-order valence-corrected chi connectivity index (χ3v) is 32.5. The standard InChI is InChI=1S/C79H94O12Si3/c1-14-16-52-83-72-57(3)86-76(74(87-58(4)80)73(72)84-53-17-15-2)85-56-68(81)71-69(88-75(82)59-48-50-60(51-49-59)89-92(77(5,6)7,62-36-24-18-25-37-62)63-38-26-19-27-39-63)54-61(90-93(78(8,9)10,64-40-28-20-29-41-64)65-42-30-21-31-43-65)55-70(71)91-94(79(11,12)13,66-44-32-22-33-45-66)67-46-34-23-35-47-67/h18-51,54-55,57,72-74,76H,14-17,52-53,56H2,1-13H3. The molecular formula is C79H94O12Si3. The van der Waals surface area contributed by atoms with Crippen LogP contribution in [-0.2, 0) is 28.5 Å². The van der Waals surface area contributed by atoms with Gasteiger partial charge in [-0.05, 0) is 90.3 Å². The van der Waals surface area contributed by atoms with E-state index in [4.69, 9.17) is 41.7 Å². The van der Waals surface area contributed by atoms with Crippen molar-refractivity contribution in [1.29, 1.82) is 0 Å². The normalized spacial score (nSPS) is 17.2. The molecule has 9 rings (SSSR count). The van der Waals surface area contributed by atoms with Gasteiger partial charge in [-0.3, -0.25) is 9.59 Å². The largest absolute Gasteiger partial charge is 0.534 e. The Hall–Kier alpha value is -7.74. The Kier molecular flexibility index (Phi) is 23.1. The van der Waals surface area contributed by atoms with Crippen molar-refractivity contribution in [3.8, 4) is 23.0 Å². The number of carbonyl (C=O) groups excluding carboxylic acids is 3. The summed E-state index contributed by atoms with van der Waals surface area (Å²) in [7, 11) is -10.2. The smallest absolute Gasteiger partial charge is 0.343 e. The van der Waals surface area contributed by atoms with Crippen LogP contribution in [0.1, 0.15) is 136 Å². The summed E-state index contributed by atoms with van der Waals surface area (Å²) in [4.78, 5) is 44.9. The topological polar surface area (TPSA) is 134 Å². The first-order valence-electron chi connectivity index (χ1n) is 33.1. The van der Waals surface area contributed by atoms with E-state index in [9.17, 15) is 4.79 Å². The van der Waals surface area contributed by atoms with Crippen molar-refractivity contribution in [2.45, 2.75) is 162 Å². The molecule has 8 aromatic carbocycles. The molecule has 15 heteroatoms. The molecule has 1 saturated heterocycles. The Morgan fingerprint density at radius 3 is 1.17 bits per heavy atom. The predicted octanol–water partition coefficient (Wildman–Crippen LogP) is 14.0. The Morgan fingerprint density at radius 2 is 0.798 bits per heavy atom. The minimum atomic E-state index is -3.67. The van der Waals surface area contributed by atoms with Gasteiger partial charge in [0.15, 0.2) is 18.2 Å². The molecule has 1 fully saturated rings. The van der Waals surface area contributed by atoms with E-state index in [1.807, 2.05) is 116 Å². The van der Waals surface area contributed by atoms with Crippen LogP contribution >= 0.6 is 0 Å². The van der Waals surface area contributed by atoms with Crippen molar-refractivity contribution >= 4 is 73.8 Å². The van der Waals surface area contributed by atoms with Crippen LogP contribution in [0.3, 0.4) is 0 Å². The number of unbranched alkanes of at least 4 members (excludes halogenated alkanes) is 2. The maximum atomic E-state index is 16.2. The van der Waals surface area contributed by atoms with E-state index in [-0.39, 0.29) is 27.7 Å². The van der Waals surface area contributed by atoms with E-state index >= 15 is 9.59 Å². The summed E-state index contributed by atoms with van der Waals surface area (Å²) in [5.74, 6) is -1.12. The molecule has 0 aromatic heterocycles. The Bertz CT molecular complexity index is 3610. The summed E-state index contributed by atoms with van der Waals surface area (Å²) in [6.07, 6.45) is -1.16. The van der Waals surface area contributed by atoms with E-state index in [0.717, 1.165) is 56.8 Å². The van der Waals surface area contributed by atoms with Crippen molar-refractivity contribution in [1.82, 2.24) is 0 Å². The second kappa shape index (κ2) is 30.8. The summed E-state index contributed by atoms with van der Waals surface area (Å²) in [5.41, 5.74) is 0.114. The van der Waals surface area contributed by atoms with Gasteiger partial charge in [0.2, 0.25) is 0 Å². The van der Waals surface area contributed by atoms with Crippen molar-refractivity contribution in [3.05, 3.63) is 230 Å². The molecule has 1 aliphatic heterocycles. The lowest BCUT2D eigenvalue weighted by Crippen LogP contribution is -2.69. The van der Waals surface area contributed by atoms with E-state index < -0.39 is 90.1 Å². The Morgan fingerprint density at radius 1 is 0.436 bits per heavy atom. The molecule has 0 spiro atoms. The predicted molar refractivity (Wildman–Crippen MR) is 382 cm³/mol. The monoisotopic (exact) mass is 1320 g/mol. The fourth-order valence-electron chi connectivity index (χ4n) is 13.1. The third kappa shape index (κ3) is 15.3. The van der Waals surface area contributed by atoms with Crippen molar-refractivity contribution in [2.24, 2.45) is 0 Å². The van der Waals surface area contributed by atoms with E-state index in [2.05, 4.69) is 149 Å². The zero-order chi connectivity index (χ0) is 67.3. The average molecular weight is 1320 g/mol. The minimum absolute atomic E-state index is 0.0767. The third-order valence-electron chi connectivity index (χ3n) is 17.7. The summed E-state index contributed by atoms with van der Waals surface area (Å²) >= 11 is 0. The molecular weight excluding hydrogens is 1230 g/mol. The average Bonchev–Trinajstić information content (AvgIpc) is 0.745. The van der Waals surface area contributed by atoms with Crippen LogP contribution in [0.25, 0.3) is 0 Å². The van der Waals surface area contributed by atoms with Crippen molar-refractivity contribution < 1.29 is 56.1 Å². The highest BCUT2D eigenvalue weighted by Crippen LogP contribution is 2.46. The molecule has 8 aromatic rings. The molecule has 0 aliphatic carbocycles. The zero-order valence-corrected chi connectivity index (χ0v) is 60.0. The molecule has 0 bridgehead atoms. The van der Waals surface area contributed by atoms with Gasteiger partial charge in [-0.2, -0.15) is 0 Å². The van der Waals surface area contributed by atoms with Crippen molar-refractivity contribution in [3.63, 3.8) is 0 Å². The maximum Gasteiger partial charge on any atom is 0.343 e. The number of carbonyl (C=O) groups is 3. The van der Waals surface area contributed by atoms with Crippen molar-refractivity contribution in [2.75, 3.05) is 19.8 Å². The molecule has 94 heavy (non-hydrogen) atoms. The first-order valence-corrected chi connectivity index (χ1v) is 38.8. The van der Waals surface area contributed by atoms with E-state index in [1.165, 1.54) is 6.92 Å². The fraction of sp³-hybridized carbons (Fsp3) is 0.354. The fourth-order valence-corrected chi connectivity index (χ4v) is 26.4. The molecule has 5 atom stereocenters. The Labute approximate surface area is 560 Å². The first kappa shape index (κ1) is 70.6.